The molecular weight excluding hydrogens is 326 g/mol. The molecule has 0 fully saturated rings. The van der Waals surface area contributed by atoms with E-state index in [-0.39, 0.29) is 11.4 Å². The second-order valence-corrected chi connectivity index (χ2v) is 6.03. The van der Waals surface area contributed by atoms with Crippen LogP contribution in [0.4, 0.5) is 5.88 Å². The van der Waals surface area contributed by atoms with E-state index < -0.39 is 11.8 Å². The molecule has 0 spiro atoms. The number of carbonyl (C=O) groups excluding carboxylic acids is 2. The molecular formula is C17H15N3O3S. The second-order valence-electron chi connectivity index (χ2n) is 5.08. The highest BCUT2D eigenvalue weighted by atomic mass is 32.1. The summed E-state index contributed by atoms with van der Waals surface area (Å²) in [5.74, 6) is -1.15. The fraction of sp³-hybridized carbons (Fsp3) is 0.118. The van der Waals surface area contributed by atoms with Crippen LogP contribution in [0.1, 0.15) is 33.2 Å². The molecule has 0 aliphatic rings. The number of thiophene rings is 1. The minimum atomic E-state index is -0.712. The minimum Gasteiger partial charge on any atom is -0.365 e. The van der Waals surface area contributed by atoms with Gasteiger partial charge in [0, 0.05) is 5.56 Å². The topological polar surface area (TPSA) is 98.2 Å². The van der Waals surface area contributed by atoms with Crippen LogP contribution < -0.4 is 11.1 Å². The van der Waals surface area contributed by atoms with Gasteiger partial charge in [0.25, 0.3) is 11.8 Å². The minimum absolute atomic E-state index is 0.0459. The zero-order valence-corrected chi connectivity index (χ0v) is 13.7. The van der Waals surface area contributed by atoms with Gasteiger partial charge in [0.2, 0.25) is 5.88 Å². The van der Waals surface area contributed by atoms with Crippen LogP contribution in [-0.2, 0) is 6.42 Å². The summed E-state index contributed by atoms with van der Waals surface area (Å²) < 4.78 is 5.14. The molecule has 0 atom stereocenters. The maximum atomic E-state index is 12.3. The van der Waals surface area contributed by atoms with E-state index in [0.29, 0.717) is 11.3 Å². The molecule has 0 saturated carbocycles. The Labute approximate surface area is 142 Å². The summed E-state index contributed by atoms with van der Waals surface area (Å²) in [5.41, 5.74) is 7.41. The maximum absolute atomic E-state index is 12.3. The van der Waals surface area contributed by atoms with Crippen molar-refractivity contribution in [2.24, 2.45) is 5.73 Å². The molecule has 122 valence electrons. The number of aryl methyl sites for hydroxylation is 1. The molecule has 0 aliphatic carbocycles. The first-order chi connectivity index (χ1) is 11.6. The number of hydrogen-bond donors (Lipinski definition) is 2. The van der Waals surface area contributed by atoms with Gasteiger partial charge in [-0.1, -0.05) is 30.3 Å². The Morgan fingerprint density at radius 3 is 2.58 bits per heavy atom. The lowest BCUT2D eigenvalue weighted by Gasteiger charge is -2.04. The monoisotopic (exact) mass is 341 g/mol. The molecule has 2 aromatic heterocycles. The van der Waals surface area contributed by atoms with Gasteiger partial charge < -0.3 is 10.3 Å². The van der Waals surface area contributed by atoms with Gasteiger partial charge in [0.15, 0.2) is 0 Å². The van der Waals surface area contributed by atoms with Gasteiger partial charge >= 0.3 is 0 Å². The number of nitrogens with one attached hydrogen (secondary N) is 1. The summed E-state index contributed by atoms with van der Waals surface area (Å²) >= 11 is 1.40. The van der Waals surface area contributed by atoms with Crippen LogP contribution in [0.3, 0.4) is 0 Å². The largest absolute Gasteiger partial charge is 0.365 e. The van der Waals surface area contributed by atoms with Crippen molar-refractivity contribution in [2.45, 2.75) is 13.3 Å². The second kappa shape index (κ2) is 6.67. The van der Waals surface area contributed by atoms with E-state index in [1.54, 1.807) is 18.2 Å². The zero-order chi connectivity index (χ0) is 17.1. The summed E-state index contributed by atoms with van der Waals surface area (Å²) in [7, 11) is 0. The average molecular weight is 341 g/mol. The molecule has 2 amide bonds. The quantitative estimate of drug-likeness (QED) is 0.744. The van der Waals surface area contributed by atoms with Gasteiger partial charge in [-0.15, -0.1) is 11.3 Å². The maximum Gasteiger partial charge on any atom is 0.258 e. The Hall–Kier alpha value is -2.93. The molecule has 0 aliphatic heterocycles. The predicted molar refractivity (Wildman–Crippen MR) is 92.1 cm³/mol. The van der Waals surface area contributed by atoms with Crippen molar-refractivity contribution in [3.8, 4) is 10.6 Å². The SMILES string of the molecule is CCc1ccc(C(=O)Nc2onc(-c3cccs3)c2C(N)=O)cc1. The lowest BCUT2D eigenvalue weighted by atomic mass is 10.1. The van der Waals surface area contributed by atoms with Crippen molar-refractivity contribution in [2.75, 3.05) is 5.32 Å². The van der Waals surface area contributed by atoms with E-state index >= 15 is 0 Å². The molecule has 3 N–H and O–H groups in total. The predicted octanol–water partition coefficient (Wildman–Crippen LogP) is 3.32. The number of primary amides is 1. The van der Waals surface area contributed by atoms with Crippen LogP contribution in [0, 0.1) is 0 Å². The van der Waals surface area contributed by atoms with Crippen molar-refractivity contribution >= 4 is 29.0 Å². The highest BCUT2D eigenvalue weighted by Gasteiger charge is 2.24. The fourth-order valence-corrected chi connectivity index (χ4v) is 2.96. The number of benzene rings is 1. The van der Waals surface area contributed by atoms with Crippen LogP contribution >= 0.6 is 11.3 Å². The van der Waals surface area contributed by atoms with Gasteiger partial charge in [-0.3, -0.25) is 14.9 Å². The smallest absolute Gasteiger partial charge is 0.258 e. The standard InChI is InChI=1S/C17H15N3O3S/c1-2-10-5-7-11(8-6-10)16(22)19-17-13(15(18)21)14(20-23-17)12-4-3-9-24-12/h3-9H,2H2,1H3,(H2,18,21)(H,19,22). The summed E-state index contributed by atoms with van der Waals surface area (Å²) in [6.45, 7) is 2.04. The Bertz CT molecular complexity index is 867. The Morgan fingerprint density at radius 1 is 1.25 bits per heavy atom. The van der Waals surface area contributed by atoms with Crippen molar-refractivity contribution in [1.82, 2.24) is 5.16 Å². The van der Waals surface area contributed by atoms with E-state index in [2.05, 4.69) is 10.5 Å². The third kappa shape index (κ3) is 3.07. The van der Waals surface area contributed by atoms with Crippen molar-refractivity contribution in [1.29, 1.82) is 0 Å². The van der Waals surface area contributed by atoms with E-state index in [1.807, 2.05) is 30.5 Å². The third-order valence-corrected chi connectivity index (χ3v) is 4.42. The molecule has 0 bridgehead atoms. The number of anilines is 1. The van der Waals surface area contributed by atoms with Crippen molar-refractivity contribution in [3.63, 3.8) is 0 Å². The van der Waals surface area contributed by atoms with E-state index in [9.17, 15) is 9.59 Å². The summed E-state index contributed by atoms with van der Waals surface area (Å²) in [5, 5.41) is 8.29. The molecule has 24 heavy (non-hydrogen) atoms. The molecule has 3 rings (SSSR count). The Kier molecular flexibility index (Phi) is 4.43. The molecule has 2 heterocycles. The van der Waals surface area contributed by atoms with Gasteiger partial charge in [0.1, 0.15) is 11.3 Å². The average Bonchev–Trinajstić information content (AvgIpc) is 3.23. The van der Waals surface area contributed by atoms with Gasteiger partial charge in [-0.05, 0) is 35.6 Å². The van der Waals surface area contributed by atoms with Crippen LogP contribution in [0.15, 0.2) is 46.3 Å². The molecule has 3 aromatic rings. The van der Waals surface area contributed by atoms with E-state index in [1.165, 1.54) is 11.3 Å². The number of amides is 2. The number of nitrogens with zero attached hydrogens (tertiary/aromatic N) is 1. The first-order valence-corrected chi connectivity index (χ1v) is 8.21. The Balaban J connectivity index is 1.89. The van der Waals surface area contributed by atoms with Gasteiger partial charge in [-0.2, -0.15) is 0 Å². The first kappa shape index (κ1) is 15.9. The van der Waals surface area contributed by atoms with Gasteiger partial charge in [-0.25, -0.2) is 0 Å². The summed E-state index contributed by atoms with van der Waals surface area (Å²) in [4.78, 5) is 24.8. The third-order valence-electron chi connectivity index (χ3n) is 3.54. The lowest BCUT2D eigenvalue weighted by Crippen LogP contribution is -2.17. The van der Waals surface area contributed by atoms with Crippen molar-refractivity contribution in [3.05, 3.63) is 58.5 Å². The van der Waals surface area contributed by atoms with Crippen molar-refractivity contribution < 1.29 is 14.1 Å². The molecule has 0 unspecified atom stereocenters. The van der Waals surface area contributed by atoms with Crippen LogP contribution in [0.5, 0.6) is 0 Å². The normalized spacial score (nSPS) is 10.5. The molecule has 0 saturated heterocycles. The molecule has 1 aromatic carbocycles. The zero-order valence-electron chi connectivity index (χ0n) is 12.9. The number of hydrogen-bond acceptors (Lipinski definition) is 5. The molecule has 7 heteroatoms. The molecule has 0 radical (unpaired) electrons. The Morgan fingerprint density at radius 2 is 2.00 bits per heavy atom. The number of aromatic nitrogens is 1. The van der Waals surface area contributed by atoms with Crippen LogP contribution in [0.25, 0.3) is 10.6 Å². The number of carbonyl (C=O) groups is 2. The van der Waals surface area contributed by atoms with E-state index in [4.69, 9.17) is 10.3 Å². The van der Waals surface area contributed by atoms with Crippen LogP contribution in [0.2, 0.25) is 0 Å². The summed E-state index contributed by atoms with van der Waals surface area (Å²) in [6, 6.07) is 10.8. The lowest BCUT2D eigenvalue weighted by molar-refractivity contribution is 0.100. The summed E-state index contributed by atoms with van der Waals surface area (Å²) in [6.07, 6.45) is 0.889. The highest BCUT2D eigenvalue weighted by molar-refractivity contribution is 7.13. The number of nitrogens with two attached hydrogens (primary N) is 1. The molecule has 6 nitrogen and oxygen atoms in total. The fourth-order valence-electron chi connectivity index (χ4n) is 2.25. The van der Waals surface area contributed by atoms with E-state index in [0.717, 1.165) is 16.9 Å². The van der Waals surface area contributed by atoms with Gasteiger partial charge in [0.05, 0.1) is 4.88 Å². The highest BCUT2D eigenvalue weighted by Crippen LogP contribution is 2.31. The van der Waals surface area contributed by atoms with Crippen LogP contribution in [-0.4, -0.2) is 17.0 Å². The number of rotatable bonds is 5. The first-order valence-electron chi connectivity index (χ1n) is 7.33.